The lowest BCUT2D eigenvalue weighted by atomic mass is 9.94. The molecule has 0 saturated heterocycles. The van der Waals surface area contributed by atoms with Gasteiger partial charge in [-0.25, -0.2) is 0 Å². The summed E-state index contributed by atoms with van der Waals surface area (Å²) in [6, 6.07) is 24.8. The number of benzene rings is 3. The number of ether oxygens (including phenoxy) is 2. The highest BCUT2D eigenvalue weighted by Gasteiger charge is 2.32. The van der Waals surface area contributed by atoms with Gasteiger partial charge >= 0.3 is 0 Å². The molecule has 1 fully saturated rings. The first kappa shape index (κ1) is 29.2. The van der Waals surface area contributed by atoms with Crippen molar-refractivity contribution in [3.8, 4) is 11.5 Å². The number of methoxy groups -OCH3 is 1. The van der Waals surface area contributed by atoms with Gasteiger partial charge in [-0.05, 0) is 59.7 Å². The van der Waals surface area contributed by atoms with Gasteiger partial charge < -0.3 is 19.7 Å². The molecule has 0 unspecified atom stereocenters. The minimum absolute atomic E-state index is 0.117. The van der Waals surface area contributed by atoms with Crippen molar-refractivity contribution in [2.75, 3.05) is 13.7 Å². The van der Waals surface area contributed by atoms with Crippen LogP contribution in [0.1, 0.15) is 68.6 Å². The Morgan fingerprint density at radius 1 is 0.875 bits per heavy atom. The Morgan fingerprint density at radius 3 is 2.25 bits per heavy atom. The second-order valence-corrected chi connectivity index (χ2v) is 10.9. The second-order valence-electron chi connectivity index (χ2n) is 10.9. The largest absolute Gasteiger partial charge is 0.497 e. The van der Waals surface area contributed by atoms with E-state index in [-0.39, 0.29) is 31.0 Å². The number of hydrogen-bond donors (Lipinski definition) is 1. The van der Waals surface area contributed by atoms with E-state index >= 15 is 0 Å². The van der Waals surface area contributed by atoms with Gasteiger partial charge in [-0.15, -0.1) is 0 Å². The predicted octanol–water partition coefficient (Wildman–Crippen LogP) is 6.29. The first-order valence-corrected chi connectivity index (χ1v) is 14.4. The number of nitrogens with one attached hydrogen (secondary N) is 1. The normalized spacial score (nSPS) is 14.4. The Morgan fingerprint density at radius 2 is 1.57 bits per heavy atom. The number of hydrogen-bond acceptors (Lipinski definition) is 4. The van der Waals surface area contributed by atoms with Crippen LogP contribution in [0.25, 0.3) is 0 Å². The zero-order valence-electron chi connectivity index (χ0n) is 24.0. The highest BCUT2D eigenvalue weighted by Crippen LogP contribution is 2.22. The monoisotopic (exact) mass is 542 g/mol. The molecule has 0 aliphatic heterocycles. The molecule has 2 amide bonds. The maximum Gasteiger partial charge on any atom is 0.261 e. The van der Waals surface area contributed by atoms with Crippen LogP contribution in [0.4, 0.5) is 0 Å². The molecular formula is C34H42N2O4. The highest BCUT2D eigenvalue weighted by molar-refractivity contribution is 5.88. The summed E-state index contributed by atoms with van der Waals surface area (Å²) in [5, 5.41) is 3.28. The van der Waals surface area contributed by atoms with Crippen LogP contribution in [-0.2, 0) is 22.6 Å². The summed E-state index contributed by atoms with van der Waals surface area (Å²) in [7, 11) is 1.62. The zero-order chi connectivity index (χ0) is 28.3. The standard InChI is InChI=1S/C34H42N2O4/c1-25(2)28-17-19-30(20-18-28)40-24-33(37)36(23-27-13-10-16-31(21-27)39-3)32(22-26-11-6-4-7-12-26)34(38)35-29-14-8-5-9-15-29/h4,6-7,10-13,16-21,25,29,32H,5,8-9,14-15,22-24H2,1-3H3,(H,35,38)/t32-/m1/s1. The van der Waals surface area contributed by atoms with Crippen molar-refractivity contribution in [1.82, 2.24) is 10.2 Å². The maximum absolute atomic E-state index is 13.9. The van der Waals surface area contributed by atoms with Crippen molar-refractivity contribution >= 4 is 11.8 Å². The molecule has 6 nitrogen and oxygen atoms in total. The molecular weight excluding hydrogens is 500 g/mol. The third kappa shape index (κ3) is 8.35. The molecule has 0 bridgehead atoms. The Kier molecular flexibility index (Phi) is 10.6. The van der Waals surface area contributed by atoms with E-state index in [0.29, 0.717) is 23.8 Å². The molecule has 0 spiro atoms. The SMILES string of the molecule is COc1cccc(CN(C(=O)COc2ccc(C(C)C)cc2)[C@H](Cc2ccccc2)C(=O)NC2CCCCC2)c1. The van der Waals surface area contributed by atoms with Crippen LogP contribution in [-0.4, -0.2) is 42.5 Å². The molecule has 1 aliphatic carbocycles. The molecule has 3 aromatic rings. The summed E-state index contributed by atoms with van der Waals surface area (Å²) in [6.45, 7) is 4.39. The maximum atomic E-state index is 13.9. The Hall–Kier alpha value is -3.80. The topological polar surface area (TPSA) is 67.9 Å². The van der Waals surface area contributed by atoms with Crippen molar-refractivity contribution in [1.29, 1.82) is 0 Å². The van der Waals surface area contributed by atoms with Gasteiger partial charge in [0.15, 0.2) is 6.61 Å². The fraction of sp³-hybridized carbons (Fsp3) is 0.412. The average molecular weight is 543 g/mol. The summed E-state index contributed by atoms with van der Waals surface area (Å²) in [5.41, 5.74) is 3.10. The van der Waals surface area contributed by atoms with E-state index in [4.69, 9.17) is 9.47 Å². The summed E-state index contributed by atoms with van der Waals surface area (Å²) < 4.78 is 11.4. The first-order chi connectivity index (χ1) is 19.4. The summed E-state index contributed by atoms with van der Waals surface area (Å²) in [6.07, 6.45) is 5.80. The van der Waals surface area contributed by atoms with Gasteiger partial charge in [0.05, 0.1) is 7.11 Å². The lowest BCUT2D eigenvalue weighted by Crippen LogP contribution is -2.53. The van der Waals surface area contributed by atoms with Crippen LogP contribution in [0.5, 0.6) is 11.5 Å². The van der Waals surface area contributed by atoms with E-state index in [1.54, 1.807) is 12.0 Å². The van der Waals surface area contributed by atoms with E-state index in [0.717, 1.165) is 36.8 Å². The molecule has 6 heteroatoms. The van der Waals surface area contributed by atoms with Gasteiger partial charge in [0.2, 0.25) is 5.91 Å². The molecule has 0 radical (unpaired) electrons. The van der Waals surface area contributed by atoms with Crippen LogP contribution in [0, 0.1) is 0 Å². The molecule has 0 heterocycles. The molecule has 1 atom stereocenters. The van der Waals surface area contributed by atoms with E-state index < -0.39 is 6.04 Å². The van der Waals surface area contributed by atoms with E-state index in [1.807, 2.05) is 78.9 Å². The molecule has 4 rings (SSSR count). The fourth-order valence-corrected chi connectivity index (χ4v) is 5.24. The van der Waals surface area contributed by atoms with Crippen LogP contribution in [0.3, 0.4) is 0 Å². The van der Waals surface area contributed by atoms with Crippen LogP contribution >= 0.6 is 0 Å². The fourth-order valence-electron chi connectivity index (χ4n) is 5.24. The third-order valence-corrected chi connectivity index (χ3v) is 7.62. The third-order valence-electron chi connectivity index (χ3n) is 7.62. The number of carbonyl (C=O) groups is 2. The lowest BCUT2D eigenvalue weighted by molar-refractivity contribution is -0.143. The van der Waals surface area contributed by atoms with E-state index in [9.17, 15) is 9.59 Å². The second kappa shape index (κ2) is 14.5. The van der Waals surface area contributed by atoms with Crippen molar-refractivity contribution in [2.24, 2.45) is 0 Å². The summed E-state index contributed by atoms with van der Waals surface area (Å²) in [4.78, 5) is 29.4. The van der Waals surface area contributed by atoms with Gasteiger partial charge in [-0.1, -0.05) is 87.7 Å². The Bertz CT molecular complexity index is 1220. The first-order valence-electron chi connectivity index (χ1n) is 14.4. The summed E-state index contributed by atoms with van der Waals surface area (Å²) in [5.74, 6) is 1.39. The van der Waals surface area contributed by atoms with E-state index in [1.165, 1.54) is 12.0 Å². The number of amides is 2. The quantitative estimate of drug-likeness (QED) is 0.292. The van der Waals surface area contributed by atoms with Crippen molar-refractivity contribution in [3.63, 3.8) is 0 Å². The van der Waals surface area contributed by atoms with Gasteiger partial charge in [0, 0.05) is 19.0 Å². The van der Waals surface area contributed by atoms with Crippen LogP contribution in [0.15, 0.2) is 78.9 Å². The minimum atomic E-state index is -0.685. The summed E-state index contributed by atoms with van der Waals surface area (Å²) >= 11 is 0. The van der Waals surface area contributed by atoms with Crippen molar-refractivity contribution < 1.29 is 19.1 Å². The predicted molar refractivity (Wildman–Crippen MR) is 159 cm³/mol. The van der Waals surface area contributed by atoms with Crippen LogP contribution < -0.4 is 14.8 Å². The van der Waals surface area contributed by atoms with Gasteiger partial charge in [-0.3, -0.25) is 9.59 Å². The van der Waals surface area contributed by atoms with Crippen molar-refractivity contribution in [2.45, 2.75) is 76.9 Å². The molecule has 1 N–H and O–H groups in total. The smallest absolute Gasteiger partial charge is 0.261 e. The number of rotatable bonds is 12. The van der Waals surface area contributed by atoms with Gasteiger partial charge in [0.25, 0.3) is 5.91 Å². The average Bonchev–Trinajstić information content (AvgIpc) is 2.99. The molecule has 1 saturated carbocycles. The number of carbonyl (C=O) groups excluding carboxylic acids is 2. The number of nitrogens with zero attached hydrogens (tertiary/aromatic N) is 1. The van der Waals surface area contributed by atoms with Crippen molar-refractivity contribution in [3.05, 3.63) is 95.6 Å². The molecule has 40 heavy (non-hydrogen) atoms. The lowest BCUT2D eigenvalue weighted by Gasteiger charge is -2.33. The minimum Gasteiger partial charge on any atom is -0.497 e. The Balaban J connectivity index is 1.60. The zero-order valence-corrected chi connectivity index (χ0v) is 24.0. The Labute approximate surface area is 238 Å². The van der Waals surface area contributed by atoms with Crippen LogP contribution in [0.2, 0.25) is 0 Å². The van der Waals surface area contributed by atoms with Gasteiger partial charge in [0.1, 0.15) is 17.5 Å². The molecule has 212 valence electrons. The highest BCUT2D eigenvalue weighted by atomic mass is 16.5. The van der Waals surface area contributed by atoms with Gasteiger partial charge in [-0.2, -0.15) is 0 Å². The van der Waals surface area contributed by atoms with E-state index in [2.05, 4.69) is 19.2 Å². The molecule has 0 aromatic heterocycles. The molecule has 1 aliphatic rings. The molecule has 3 aromatic carbocycles.